The first-order chi connectivity index (χ1) is 10.6. The molecule has 0 fully saturated rings. The first-order valence-electron chi connectivity index (χ1n) is 7.43. The summed E-state index contributed by atoms with van der Waals surface area (Å²) in [5.41, 5.74) is 3.27. The van der Waals surface area contributed by atoms with Crippen LogP contribution in [0.1, 0.15) is 16.7 Å². The minimum absolute atomic E-state index is 0. The van der Waals surface area contributed by atoms with Crippen molar-refractivity contribution in [3.05, 3.63) is 71.0 Å². The van der Waals surface area contributed by atoms with Crippen molar-refractivity contribution >= 4 is 18.3 Å². The third-order valence-corrected chi connectivity index (χ3v) is 4.06. The second kappa shape index (κ2) is 7.57. The van der Waals surface area contributed by atoms with Crippen LogP contribution in [0.25, 0.3) is 0 Å². The normalized spacial score (nSPS) is 16.2. The topological polar surface area (TPSA) is 32.3 Å². The lowest BCUT2D eigenvalue weighted by molar-refractivity contribution is -0.132. The van der Waals surface area contributed by atoms with Gasteiger partial charge in [0.05, 0.1) is 6.04 Å². The molecule has 0 radical (unpaired) electrons. The molecule has 2 aromatic carbocycles. The van der Waals surface area contributed by atoms with Gasteiger partial charge in [-0.2, -0.15) is 0 Å². The standard InChI is InChI=1S/C18H19FN2O.ClH/c1-21(12-13-5-4-8-16(19)9-13)18(22)17-10-14-6-2-3-7-15(14)11-20-17;/h2-9,17,20H,10-12H2,1H3;1H. The summed E-state index contributed by atoms with van der Waals surface area (Å²) < 4.78 is 13.2. The smallest absolute Gasteiger partial charge is 0.240 e. The van der Waals surface area contributed by atoms with Crippen molar-refractivity contribution in [2.75, 3.05) is 7.05 Å². The summed E-state index contributed by atoms with van der Waals surface area (Å²) in [7, 11) is 1.76. The summed E-state index contributed by atoms with van der Waals surface area (Å²) in [5, 5.41) is 3.29. The van der Waals surface area contributed by atoms with E-state index >= 15 is 0 Å². The van der Waals surface area contributed by atoms with Crippen LogP contribution in [0.15, 0.2) is 48.5 Å². The number of carbonyl (C=O) groups is 1. The fraction of sp³-hybridized carbons (Fsp3) is 0.278. The maximum absolute atomic E-state index is 13.2. The molecule has 1 amide bonds. The van der Waals surface area contributed by atoms with Gasteiger partial charge >= 0.3 is 0 Å². The molecule has 3 nitrogen and oxygen atoms in total. The van der Waals surface area contributed by atoms with Gasteiger partial charge in [-0.1, -0.05) is 36.4 Å². The monoisotopic (exact) mass is 334 g/mol. The maximum Gasteiger partial charge on any atom is 0.240 e. The van der Waals surface area contributed by atoms with Gasteiger partial charge in [-0.15, -0.1) is 12.4 Å². The Hall–Kier alpha value is -1.91. The Bertz CT molecular complexity index is 692. The first-order valence-corrected chi connectivity index (χ1v) is 7.43. The van der Waals surface area contributed by atoms with E-state index < -0.39 is 0 Å². The van der Waals surface area contributed by atoms with Crippen LogP contribution in [0.4, 0.5) is 4.39 Å². The van der Waals surface area contributed by atoms with E-state index in [9.17, 15) is 9.18 Å². The molecule has 1 N–H and O–H groups in total. The highest BCUT2D eigenvalue weighted by molar-refractivity contribution is 5.85. The largest absolute Gasteiger partial charge is 0.340 e. The summed E-state index contributed by atoms with van der Waals surface area (Å²) >= 11 is 0. The molecule has 0 saturated heterocycles. The van der Waals surface area contributed by atoms with Gasteiger partial charge in [-0.25, -0.2) is 4.39 Å². The van der Waals surface area contributed by atoms with E-state index in [1.165, 1.54) is 23.3 Å². The summed E-state index contributed by atoms with van der Waals surface area (Å²) in [5.74, 6) is -0.234. The molecule has 1 atom stereocenters. The SMILES string of the molecule is CN(Cc1cccc(F)c1)C(=O)C1Cc2ccccc2CN1.Cl. The van der Waals surface area contributed by atoms with E-state index in [-0.39, 0.29) is 30.2 Å². The van der Waals surface area contributed by atoms with E-state index in [1.54, 1.807) is 18.0 Å². The number of carbonyl (C=O) groups excluding carboxylic acids is 1. The molecule has 1 unspecified atom stereocenters. The lowest BCUT2D eigenvalue weighted by atomic mass is 9.95. The minimum atomic E-state index is -0.275. The molecule has 122 valence electrons. The maximum atomic E-state index is 13.2. The van der Waals surface area contributed by atoms with Crippen molar-refractivity contribution in [1.82, 2.24) is 10.2 Å². The molecule has 0 aliphatic carbocycles. The van der Waals surface area contributed by atoms with Gasteiger partial charge in [0.2, 0.25) is 5.91 Å². The first kappa shape index (κ1) is 17.4. The summed E-state index contributed by atoms with van der Waals surface area (Å²) in [6, 6.07) is 14.3. The highest BCUT2D eigenvalue weighted by Crippen LogP contribution is 2.17. The van der Waals surface area contributed by atoms with Gasteiger partial charge in [0, 0.05) is 20.1 Å². The van der Waals surface area contributed by atoms with Crippen molar-refractivity contribution in [1.29, 1.82) is 0 Å². The summed E-state index contributed by atoms with van der Waals surface area (Å²) in [6.07, 6.45) is 0.697. The van der Waals surface area contributed by atoms with E-state index in [2.05, 4.69) is 17.4 Å². The van der Waals surface area contributed by atoms with Crippen LogP contribution in [0.2, 0.25) is 0 Å². The Morgan fingerprint density at radius 2 is 1.96 bits per heavy atom. The minimum Gasteiger partial charge on any atom is -0.340 e. The van der Waals surface area contributed by atoms with Crippen LogP contribution in [-0.2, 0) is 24.3 Å². The van der Waals surface area contributed by atoms with Gasteiger partial charge < -0.3 is 10.2 Å². The molecule has 2 aromatic rings. The van der Waals surface area contributed by atoms with E-state index in [1.807, 2.05) is 18.2 Å². The third-order valence-electron chi connectivity index (χ3n) is 4.06. The molecule has 0 aromatic heterocycles. The van der Waals surface area contributed by atoms with Crippen LogP contribution in [0.5, 0.6) is 0 Å². The molecule has 1 aliphatic rings. The zero-order valence-corrected chi connectivity index (χ0v) is 13.8. The van der Waals surface area contributed by atoms with Gasteiger partial charge in [0.1, 0.15) is 5.82 Å². The van der Waals surface area contributed by atoms with Gasteiger partial charge in [0.25, 0.3) is 0 Å². The Morgan fingerprint density at radius 3 is 2.70 bits per heavy atom. The zero-order chi connectivity index (χ0) is 15.5. The second-order valence-corrected chi connectivity index (χ2v) is 5.73. The van der Waals surface area contributed by atoms with Crippen LogP contribution < -0.4 is 5.32 Å². The Balaban J connectivity index is 0.00000192. The number of amides is 1. The predicted molar refractivity (Wildman–Crippen MR) is 90.9 cm³/mol. The number of rotatable bonds is 3. The fourth-order valence-corrected chi connectivity index (χ4v) is 2.88. The highest BCUT2D eigenvalue weighted by Gasteiger charge is 2.26. The van der Waals surface area contributed by atoms with Crippen molar-refractivity contribution in [2.24, 2.45) is 0 Å². The summed E-state index contributed by atoms with van der Waals surface area (Å²) in [6.45, 7) is 1.12. The number of halogens is 2. The van der Waals surface area contributed by atoms with Crippen LogP contribution in [-0.4, -0.2) is 23.9 Å². The number of fused-ring (bicyclic) bond motifs is 1. The third kappa shape index (κ3) is 4.09. The number of hydrogen-bond acceptors (Lipinski definition) is 2. The van der Waals surface area contributed by atoms with Crippen molar-refractivity contribution in [3.8, 4) is 0 Å². The van der Waals surface area contributed by atoms with E-state index in [0.29, 0.717) is 19.5 Å². The number of nitrogens with zero attached hydrogens (tertiary/aromatic N) is 1. The highest BCUT2D eigenvalue weighted by atomic mass is 35.5. The fourth-order valence-electron chi connectivity index (χ4n) is 2.88. The van der Waals surface area contributed by atoms with Crippen molar-refractivity contribution in [2.45, 2.75) is 25.6 Å². The van der Waals surface area contributed by atoms with Gasteiger partial charge in [-0.05, 0) is 35.2 Å². The summed E-state index contributed by atoms with van der Waals surface area (Å²) in [4.78, 5) is 14.2. The van der Waals surface area contributed by atoms with Gasteiger partial charge in [0.15, 0.2) is 0 Å². The molecule has 23 heavy (non-hydrogen) atoms. The average Bonchev–Trinajstić information content (AvgIpc) is 2.53. The molecule has 3 rings (SSSR count). The Morgan fingerprint density at radius 1 is 1.22 bits per heavy atom. The molecule has 0 saturated carbocycles. The molecule has 0 bridgehead atoms. The molecule has 1 heterocycles. The van der Waals surface area contributed by atoms with Crippen molar-refractivity contribution < 1.29 is 9.18 Å². The quantitative estimate of drug-likeness (QED) is 0.936. The second-order valence-electron chi connectivity index (χ2n) is 5.73. The molecular weight excluding hydrogens is 315 g/mol. The van der Waals surface area contributed by atoms with Gasteiger partial charge in [-0.3, -0.25) is 4.79 Å². The van der Waals surface area contributed by atoms with E-state index in [0.717, 1.165) is 5.56 Å². The molecular formula is C18H20ClFN2O. The Labute approximate surface area is 141 Å². The lowest BCUT2D eigenvalue weighted by Gasteiger charge is -2.29. The van der Waals surface area contributed by atoms with Crippen LogP contribution in [0.3, 0.4) is 0 Å². The Kier molecular flexibility index (Phi) is 5.74. The molecule has 5 heteroatoms. The predicted octanol–water partition coefficient (Wildman–Crippen LogP) is 2.92. The zero-order valence-electron chi connectivity index (χ0n) is 13.0. The number of hydrogen-bond donors (Lipinski definition) is 1. The number of benzene rings is 2. The van der Waals surface area contributed by atoms with Crippen LogP contribution in [0, 0.1) is 5.82 Å². The molecule has 0 spiro atoms. The van der Waals surface area contributed by atoms with Crippen LogP contribution >= 0.6 is 12.4 Å². The van der Waals surface area contributed by atoms with E-state index in [4.69, 9.17) is 0 Å². The average molecular weight is 335 g/mol. The van der Waals surface area contributed by atoms with Crippen molar-refractivity contribution in [3.63, 3.8) is 0 Å². The lowest BCUT2D eigenvalue weighted by Crippen LogP contribution is -2.48. The molecule has 1 aliphatic heterocycles. The number of likely N-dealkylation sites (N-methyl/N-ethyl adjacent to an activating group) is 1. The number of nitrogens with one attached hydrogen (secondary N) is 1.